The number of aromatic nitrogens is 2. The van der Waals surface area contributed by atoms with Gasteiger partial charge in [0, 0.05) is 44.6 Å². The van der Waals surface area contributed by atoms with Crippen LogP contribution in [0.1, 0.15) is 25.2 Å². The maximum Gasteiger partial charge on any atom is 0.315 e. The second kappa shape index (κ2) is 9.08. The van der Waals surface area contributed by atoms with Gasteiger partial charge in [-0.15, -0.1) is 0 Å². The van der Waals surface area contributed by atoms with Gasteiger partial charge in [-0.3, -0.25) is 0 Å². The molecule has 2 unspecified atom stereocenters. The van der Waals surface area contributed by atoms with E-state index in [4.69, 9.17) is 5.11 Å². The average molecular weight is 330 g/mol. The maximum atomic E-state index is 11.8. The van der Waals surface area contributed by atoms with E-state index >= 15 is 0 Å². The number of benzene rings is 1. The number of rotatable bonds is 8. The molecule has 130 valence electrons. The summed E-state index contributed by atoms with van der Waals surface area (Å²) in [5, 5.41) is 14.8. The minimum absolute atomic E-state index is 0.0283. The number of carbonyl (C=O) groups excluding carboxylic acids is 1. The maximum absolute atomic E-state index is 11.8. The Bertz CT molecular complexity index is 627. The lowest BCUT2D eigenvalue weighted by atomic mass is 10.1. The summed E-state index contributed by atoms with van der Waals surface area (Å²) in [4.78, 5) is 16.2. The first-order valence-electron chi connectivity index (χ1n) is 8.29. The fourth-order valence-electron chi connectivity index (χ4n) is 2.34. The number of amides is 2. The molecule has 1 heterocycles. The molecule has 3 N–H and O–H groups in total. The molecular weight excluding hydrogens is 304 g/mol. The highest BCUT2D eigenvalue weighted by molar-refractivity contribution is 5.74. The van der Waals surface area contributed by atoms with Crippen molar-refractivity contribution >= 4 is 6.03 Å². The molecule has 6 heteroatoms. The van der Waals surface area contributed by atoms with Gasteiger partial charge in [-0.05, 0) is 18.4 Å². The molecule has 24 heavy (non-hydrogen) atoms. The highest BCUT2D eigenvalue weighted by Crippen LogP contribution is 2.06. The van der Waals surface area contributed by atoms with Crippen molar-refractivity contribution in [2.45, 2.75) is 32.9 Å². The molecule has 0 aliphatic rings. The zero-order valence-electron chi connectivity index (χ0n) is 14.3. The molecule has 0 saturated carbocycles. The van der Waals surface area contributed by atoms with Crippen LogP contribution in [0.25, 0.3) is 0 Å². The molecule has 2 atom stereocenters. The van der Waals surface area contributed by atoms with Crippen LogP contribution in [0.3, 0.4) is 0 Å². The summed E-state index contributed by atoms with van der Waals surface area (Å²) in [6.07, 6.45) is 4.40. The number of aliphatic hydroxyl groups is 1. The fraction of sp³-hybridized carbons (Fsp3) is 0.444. The molecular formula is C18H26N4O2. The number of carbonyl (C=O) groups is 1. The Morgan fingerprint density at radius 3 is 2.75 bits per heavy atom. The number of urea groups is 1. The molecule has 1 aromatic heterocycles. The number of nitrogens with one attached hydrogen (secondary N) is 2. The van der Waals surface area contributed by atoms with Crippen molar-refractivity contribution in [3.8, 4) is 0 Å². The Kier molecular flexibility index (Phi) is 6.81. The van der Waals surface area contributed by atoms with Crippen LogP contribution in [0, 0.1) is 5.92 Å². The predicted octanol–water partition coefficient (Wildman–Crippen LogP) is 1.79. The Morgan fingerprint density at radius 2 is 2.04 bits per heavy atom. The summed E-state index contributed by atoms with van der Waals surface area (Å²) < 4.78 is 2.09. The lowest BCUT2D eigenvalue weighted by molar-refractivity contribution is 0.200. The summed E-state index contributed by atoms with van der Waals surface area (Å²) in [6, 6.07) is 9.91. The molecule has 6 nitrogen and oxygen atoms in total. The lowest BCUT2D eigenvalue weighted by Crippen LogP contribution is -2.44. The predicted molar refractivity (Wildman–Crippen MR) is 93.7 cm³/mol. The van der Waals surface area contributed by atoms with E-state index in [0.29, 0.717) is 13.0 Å². The number of imidazole rings is 1. The zero-order valence-corrected chi connectivity index (χ0v) is 14.3. The summed E-state index contributed by atoms with van der Waals surface area (Å²) in [5.41, 5.74) is 1.22. The van der Waals surface area contributed by atoms with Crippen molar-refractivity contribution in [3.05, 3.63) is 54.1 Å². The van der Waals surface area contributed by atoms with Crippen molar-refractivity contribution in [3.63, 3.8) is 0 Å². The molecule has 0 aliphatic heterocycles. The molecule has 2 aromatic rings. The minimum Gasteiger partial charge on any atom is -0.396 e. The van der Waals surface area contributed by atoms with Gasteiger partial charge in [-0.25, -0.2) is 9.78 Å². The third-order valence-electron chi connectivity index (χ3n) is 4.13. The van der Waals surface area contributed by atoms with Gasteiger partial charge in [0.1, 0.15) is 5.82 Å². The topological polar surface area (TPSA) is 79.2 Å². The van der Waals surface area contributed by atoms with Crippen LogP contribution < -0.4 is 10.6 Å². The van der Waals surface area contributed by atoms with Gasteiger partial charge in [-0.1, -0.05) is 37.3 Å². The number of hydrogen-bond acceptors (Lipinski definition) is 3. The average Bonchev–Trinajstić information content (AvgIpc) is 3.02. The van der Waals surface area contributed by atoms with E-state index in [9.17, 15) is 4.79 Å². The highest BCUT2D eigenvalue weighted by Gasteiger charge is 2.13. The second-order valence-corrected chi connectivity index (χ2v) is 6.06. The fourth-order valence-corrected chi connectivity index (χ4v) is 2.34. The van der Waals surface area contributed by atoms with Gasteiger partial charge < -0.3 is 20.3 Å². The Balaban J connectivity index is 1.79. The van der Waals surface area contributed by atoms with Gasteiger partial charge in [-0.2, -0.15) is 0 Å². The van der Waals surface area contributed by atoms with Crippen molar-refractivity contribution in [1.82, 2.24) is 20.2 Å². The summed E-state index contributed by atoms with van der Waals surface area (Å²) in [7, 11) is 0. The molecule has 0 spiro atoms. The van der Waals surface area contributed by atoms with Crippen LogP contribution in [-0.2, 0) is 13.0 Å². The summed E-state index contributed by atoms with van der Waals surface area (Å²) >= 11 is 0. The van der Waals surface area contributed by atoms with Crippen molar-refractivity contribution in [2.75, 3.05) is 13.2 Å². The van der Waals surface area contributed by atoms with E-state index in [-0.39, 0.29) is 24.6 Å². The first-order valence-corrected chi connectivity index (χ1v) is 8.29. The van der Waals surface area contributed by atoms with E-state index in [1.807, 2.05) is 38.2 Å². The summed E-state index contributed by atoms with van der Waals surface area (Å²) in [6.45, 7) is 5.11. The third kappa shape index (κ3) is 5.38. The SMILES string of the molecule is CC(CO)C(C)NC(=O)NCCc1nccn1Cc1ccccc1. The first kappa shape index (κ1) is 18.0. The molecule has 0 saturated heterocycles. The monoisotopic (exact) mass is 330 g/mol. The standard InChI is InChI=1S/C18H26N4O2/c1-14(13-23)15(2)21-18(24)20-9-8-17-19-10-11-22(17)12-16-6-4-3-5-7-16/h3-7,10-11,14-15,23H,8-9,12-13H2,1-2H3,(H2,20,21,24). The Labute approximate surface area is 142 Å². The largest absolute Gasteiger partial charge is 0.396 e. The van der Waals surface area contributed by atoms with E-state index in [2.05, 4.69) is 32.3 Å². The van der Waals surface area contributed by atoms with Crippen molar-refractivity contribution < 1.29 is 9.90 Å². The highest BCUT2D eigenvalue weighted by atomic mass is 16.3. The first-order chi connectivity index (χ1) is 11.6. The van der Waals surface area contributed by atoms with Crippen LogP contribution in [0.5, 0.6) is 0 Å². The van der Waals surface area contributed by atoms with Crippen LogP contribution in [0.4, 0.5) is 4.79 Å². The molecule has 0 fully saturated rings. The van der Waals surface area contributed by atoms with Crippen molar-refractivity contribution in [2.24, 2.45) is 5.92 Å². The number of hydrogen-bond donors (Lipinski definition) is 3. The number of aliphatic hydroxyl groups excluding tert-OH is 1. The molecule has 2 amide bonds. The van der Waals surface area contributed by atoms with E-state index in [1.165, 1.54) is 5.56 Å². The van der Waals surface area contributed by atoms with E-state index in [0.717, 1.165) is 12.4 Å². The van der Waals surface area contributed by atoms with Crippen molar-refractivity contribution in [1.29, 1.82) is 0 Å². The normalized spacial score (nSPS) is 13.3. The van der Waals surface area contributed by atoms with E-state index in [1.54, 1.807) is 6.20 Å². The molecule has 1 aromatic carbocycles. The Morgan fingerprint density at radius 1 is 1.29 bits per heavy atom. The summed E-state index contributed by atoms with van der Waals surface area (Å²) in [5.74, 6) is 0.969. The number of nitrogens with zero attached hydrogens (tertiary/aromatic N) is 2. The Hall–Kier alpha value is -2.34. The molecule has 2 rings (SSSR count). The van der Waals surface area contributed by atoms with Gasteiger partial charge >= 0.3 is 6.03 Å². The van der Waals surface area contributed by atoms with Crippen LogP contribution >= 0.6 is 0 Å². The molecule has 0 bridgehead atoms. The van der Waals surface area contributed by atoms with Crippen LogP contribution in [0.15, 0.2) is 42.7 Å². The zero-order chi connectivity index (χ0) is 17.4. The third-order valence-corrected chi connectivity index (χ3v) is 4.13. The van der Waals surface area contributed by atoms with E-state index < -0.39 is 0 Å². The van der Waals surface area contributed by atoms with Crippen LogP contribution in [0.2, 0.25) is 0 Å². The van der Waals surface area contributed by atoms with Gasteiger partial charge in [0.15, 0.2) is 0 Å². The lowest BCUT2D eigenvalue weighted by Gasteiger charge is -2.19. The smallest absolute Gasteiger partial charge is 0.315 e. The molecule has 0 radical (unpaired) electrons. The molecule has 0 aliphatic carbocycles. The van der Waals surface area contributed by atoms with Gasteiger partial charge in [0.2, 0.25) is 0 Å². The van der Waals surface area contributed by atoms with Gasteiger partial charge in [0.05, 0.1) is 0 Å². The van der Waals surface area contributed by atoms with Crippen LogP contribution in [-0.4, -0.2) is 39.9 Å². The second-order valence-electron chi connectivity index (χ2n) is 6.06. The minimum atomic E-state index is -0.219. The quantitative estimate of drug-likeness (QED) is 0.690. The van der Waals surface area contributed by atoms with Gasteiger partial charge in [0.25, 0.3) is 0 Å².